The van der Waals surface area contributed by atoms with Crippen LogP contribution in [0.25, 0.3) is 0 Å². The zero-order valence-electron chi connectivity index (χ0n) is 18.9. The molecule has 0 unspecified atom stereocenters. The summed E-state index contributed by atoms with van der Waals surface area (Å²) in [6.45, 7) is 2.33. The van der Waals surface area contributed by atoms with Crippen molar-refractivity contribution in [3.05, 3.63) is 35.1 Å². The Bertz CT molecular complexity index is 614. The van der Waals surface area contributed by atoms with E-state index in [0.29, 0.717) is 24.6 Å². The minimum absolute atomic E-state index is 0.0901. The number of carbonyl (C=O) groups excluding carboxylic acids is 1. The summed E-state index contributed by atoms with van der Waals surface area (Å²) in [7, 11) is 0. The van der Waals surface area contributed by atoms with E-state index >= 15 is 0 Å². The predicted molar refractivity (Wildman–Crippen MR) is 117 cm³/mol. The number of ether oxygens (including phenoxy) is 1. The van der Waals surface area contributed by atoms with Gasteiger partial charge in [0.25, 0.3) is 0 Å². The largest absolute Gasteiger partial charge is 0.462 e. The highest BCUT2D eigenvalue weighted by Gasteiger charge is 2.32. The van der Waals surface area contributed by atoms with Crippen molar-refractivity contribution in [3.63, 3.8) is 0 Å². The Morgan fingerprint density at radius 3 is 1.68 bits per heavy atom. The van der Waals surface area contributed by atoms with Gasteiger partial charge in [0.2, 0.25) is 0 Å². The molecule has 0 aliphatic rings. The fourth-order valence-corrected chi connectivity index (χ4v) is 3.57. The molecule has 1 aromatic rings. The highest BCUT2D eigenvalue weighted by atomic mass is 19.4. The summed E-state index contributed by atoms with van der Waals surface area (Å²) in [6, 6.07) is 1.76. The second-order valence-corrected chi connectivity index (χ2v) is 8.28. The van der Waals surface area contributed by atoms with Crippen LogP contribution >= 0.6 is 0 Å². The third-order valence-electron chi connectivity index (χ3n) is 5.49. The van der Waals surface area contributed by atoms with E-state index in [2.05, 4.69) is 6.92 Å². The number of benzene rings is 1. The quantitative estimate of drug-likeness (QED) is 0.136. The van der Waals surface area contributed by atoms with E-state index in [4.69, 9.17) is 4.74 Å². The molecule has 0 bridgehead atoms. The van der Waals surface area contributed by atoms with E-state index in [-0.39, 0.29) is 6.61 Å². The number of hydrogen-bond acceptors (Lipinski definition) is 2. The SMILES string of the molecule is CCCCCCCCCCCCCCCCCOC(=O)c1cc(C(F)(F)F)ccc1F. The lowest BCUT2D eigenvalue weighted by Gasteiger charge is -2.10. The number of hydrogen-bond donors (Lipinski definition) is 0. The van der Waals surface area contributed by atoms with Crippen LogP contribution in [0, 0.1) is 5.82 Å². The van der Waals surface area contributed by atoms with Gasteiger partial charge in [-0.3, -0.25) is 0 Å². The third kappa shape index (κ3) is 12.8. The molecule has 0 heterocycles. The van der Waals surface area contributed by atoms with E-state index in [9.17, 15) is 22.4 Å². The number of alkyl halides is 3. The molecule has 0 atom stereocenters. The topological polar surface area (TPSA) is 26.3 Å². The second-order valence-electron chi connectivity index (χ2n) is 8.28. The van der Waals surface area contributed by atoms with Crippen molar-refractivity contribution in [2.45, 2.75) is 109 Å². The highest BCUT2D eigenvalue weighted by molar-refractivity contribution is 5.89. The molecule has 0 spiro atoms. The molecule has 0 saturated heterocycles. The average molecular weight is 447 g/mol. The summed E-state index contributed by atoms with van der Waals surface area (Å²) < 4.78 is 56.7. The summed E-state index contributed by atoms with van der Waals surface area (Å²) in [5.41, 5.74) is -1.73. The van der Waals surface area contributed by atoms with E-state index in [1.807, 2.05) is 0 Å². The van der Waals surface area contributed by atoms with Crippen LogP contribution < -0.4 is 0 Å². The van der Waals surface area contributed by atoms with Gasteiger partial charge in [0.1, 0.15) is 5.82 Å². The molecule has 0 saturated carbocycles. The smallest absolute Gasteiger partial charge is 0.416 e. The minimum atomic E-state index is -4.63. The van der Waals surface area contributed by atoms with Gasteiger partial charge in [0.15, 0.2) is 0 Å². The highest BCUT2D eigenvalue weighted by Crippen LogP contribution is 2.30. The van der Waals surface area contributed by atoms with Crippen LogP contribution in [-0.2, 0) is 10.9 Å². The number of carbonyl (C=O) groups is 1. The molecule has 0 N–H and O–H groups in total. The van der Waals surface area contributed by atoms with Gasteiger partial charge in [-0.25, -0.2) is 9.18 Å². The van der Waals surface area contributed by atoms with Gasteiger partial charge in [-0.15, -0.1) is 0 Å². The van der Waals surface area contributed by atoms with Crippen LogP contribution in [0.15, 0.2) is 18.2 Å². The fraction of sp³-hybridized carbons (Fsp3) is 0.720. The first-order chi connectivity index (χ1) is 14.9. The lowest BCUT2D eigenvalue weighted by atomic mass is 10.0. The maximum absolute atomic E-state index is 13.6. The van der Waals surface area contributed by atoms with E-state index in [0.717, 1.165) is 19.3 Å². The third-order valence-corrected chi connectivity index (χ3v) is 5.49. The number of unbranched alkanes of at least 4 members (excludes halogenated alkanes) is 14. The maximum atomic E-state index is 13.6. The van der Waals surface area contributed by atoms with Crippen LogP contribution in [0.3, 0.4) is 0 Å². The summed E-state index contributed by atoms with van der Waals surface area (Å²) in [4.78, 5) is 11.9. The van der Waals surface area contributed by atoms with Crippen LogP contribution in [-0.4, -0.2) is 12.6 Å². The van der Waals surface area contributed by atoms with Gasteiger partial charge >= 0.3 is 12.1 Å². The first-order valence-electron chi connectivity index (χ1n) is 11.9. The van der Waals surface area contributed by atoms with Crippen LogP contribution in [0.2, 0.25) is 0 Å². The normalized spacial score (nSPS) is 11.6. The molecule has 0 amide bonds. The average Bonchev–Trinajstić information content (AvgIpc) is 2.72. The molecule has 0 radical (unpaired) electrons. The van der Waals surface area contributed by atoms with E-state index in [1.54, 1.807) is 0 Å². The zero-order valence-corrected chi connectivity index (χ0v) is 18.9. The van der Waals surface area contributed by atoms with E-state index in [1.165, 1.54) is 70.6 Å². The fourth-order valence-electron chi connectivity index (χ4n) is 3.57. The lowest BCUT2D eigenvalue weighted by Crippen LogP contribution is -2.12. The van der Waals surface area contributed by atoms with Crippen molar-refractivity contribution in [2.24, 2.45) is 0 Å². The standard InChI is InChI=1S/C25H38F4O2/c1-2-3-4-5-6-7-8-9-10-11-12-13-14-15-16-19-31-24(30)22-20-21(25(27,28)29)17-18-23(22)26/h17-18,20H,2-16,19H2,1H3. The van der Waals surface area contributed by atoms with Gasteiger partial charge < -0.3 is 4.74 Å². The van der Waals surface area contributed by atoms with Crippen molar-refractivity contribution in [1.82, 2.24) is 0 Å². The van der Waals surface area contributed by atoms with Crippen molar-refractivity contribution >= 4 is 5.97 Å². The molecular formula is C25H38F4O2. The number of esters is 1. The Hall–Kier alpha value is -1.59. The number of halogens is 4. The molecule has 0 aliphatic carbocycles. The van der Waals surface area contributed by atoms with Crippen molar-refractivity contribution < 1.29 is 27.1 Å². The van der Waals surface area contributed by atoms with Gasteiger partial charge in [-0.1, -0.05) is 96.8 Å². The Balaban J connectivity index is 2.01. The molecule has 0 aliphatic heterocycles. The van der Waals surface area contributed by atoms with Crippen molar-refractivity contribution in [3.8, 4) is 0 Å². The zero-order chi connectivity index (χ0) is 23.0. The van der Waals surface area contributed by atoms with Crippen LogP contribution in [0.1, 0.15) is 119 Å². The molecule has 6 heteroatoms. The summed E-state index contributed by atoms with van der Waals surface area (Å²) >= 11 is 0. The van der Waals surface area contributed by atoms with Gasteiger partial charge in [0.05, 0.1) is 17.7 Å². The molecule has 0 aromatic heterocycles. The van der Waals surface area contributed by atoms with Crippen LogP contribution in [0.5, 0.6) is 0 Å². The Kier molecular flexibility index (Phi) is 14.3. The second kappa shape index (κ2) is 16.1. The maximum Gasteiger partial charge on any atom is 0.416 e. The van der Waals surface area contributed by atoms with Crippen molar-refractivity contribution in [2.75, 3.05) is 6.61 Å². The predicted octanol–water partition coefficient (Wildman–Crippen LogP) is 8.87. The van der Waals surface area contributed by atoms with Gasteiger partial charge in [0, 0.05) is 0 Å². The van der Waals surface area contributed by atoms with Gasteiger partial charge in [-0.2, -0.15) is 13.2 Å². The molecule has 178 valence electrons. The first kappa shape index (κ1) is 27.4. The Morgan fingerprint density at radius 2 is 1.23 bits per heavy atom. The minimum Gasteiger partial charge on any atom is -0.462 e. The Labute approximate surface area is 184 Å². The van der Waals surface area contributed by atoms with Gasteiger partial charge in [-0.05, 0) is 24.6 Å². The summed E-state index contributed by atoms with van der Waals surface area (Å²) in [5, 5.41) is 0. The summed E-state index contributed by atoms with van der Waals surface area (Å²) in [6.07, 6.45) is 13.6. The molecular weight excluding hydrogens is 408 g/mol. The lowest BCUT2D eigenvalue weighted by molar-refractivity contribution is -0.137. The first-order valence-corrected chi connectivity index (χ1v) is 11.9. The summed E-state index contributed by atoms with van der Waals surface area (Å²) in [5.74, 6) is -2.05. The van der Waals surface area contributed by atoms with Crippen molar-refractivity contribution in [1.29, 1.82) is 0 Å². The van der Waals surface area contributed by atoms with E-state index < -0.39 is 29.1 Å². The van der Waals surface area contributed by atoms with Crippen LogP contribution in [0.4, 0.5) is 17.6 Å². The molecule has 1 rings (SSSR count). The Morgan fingerprint density at radius 1 is 0.774 bits per heavy atom. The monoisotopic (exact) mass is 446 g/mol. The molecule has 31 heavy (non-hydrogen) atoms. The number of rotatable bonds is 17. The molecule has 2 nitrogen and oxygen atoms in total. The molecule has 0 fully saturated rings. The molecule has 1 aromatic carbocycles.